The van der Waals surface area contributed by atoms with Crippen LogP contribution in [0.2, 0.25) is 0 Å². The Morgan fingerprint density at radius 2 is 1.68 bits per heavy atom. The Labute approximate surface area is 133 Å². The number of benzene rings is 2. The lowest BCUT2D eigenvalue weighted by atomic mass is 10.0. The van der Waals surface area contributed by atoms with E-state index in [1.807, 2.05) is 0 Å². The summed E-state index contributed by atoms with van der Waals surface area (Å²) in [6.45, 7) is 2.11. The van der Waals surface area contributed by atoms with E-state index in [2.05, 4.69) is 78.3 Å². The lowest BCUT2D eigenvalue weighted by Gasteiger charge is -2.09. The number of aryl methyl sites for hydroxylation is 1. The van der Waals surface area contributed by atoms with Gasteiger partial charge in [0, 0.05) is 21.9 Å². The maximum absolute atomic E-state index is 4.95. The SMILES string of the molecule is Cc1ccc(-c2cc3ccccc3c(-c3ccsc3)n2)cc1. The summed E-state index contributed by atoms with van der Waals surface area (Å²) in [7, 11) is 0. The average molecular weight is 301 g/mol. The Morgan fingerprint density at radius 3 is 2.45 bits per heavy atom. The van der Waals surface area contributed by atoms with E-state index in [1.165, 1.54) is 21.9 Å². The number of nitrogens with zero attached hydrogens (tertiary/aromatic N) is 1. The zero-order valence-corrected chi connectivity index (χ0v) is 13.1. The molecule has 4 rings (SSSR count). The van der Waals surface area contributed by atoms with E-state index in [0.717, 1.165) is 17.0 Å². The predicted molar refractivity (Wildman–Crippen MR) is 95.2 cm³/mol. The molecule has 0 saturated heterocycles. The molecule has 0 spiro atoms. The number of hydrogen-bond donors (Lipinski definition) is 0. The molecule has 106 valence electrons. The van der Waals surface area contributed by atoms with E-state index >= 15 is 0 Å². The van der Waals surface area contributed by atoms with Gasteiger partial charge in [0.1, 0.15) is 0 Å². The molecule has 0 N–H and O–H groups in total. The fourth-order valence-electron chi connectivity index (χ4n) is 2.69. The summed E-state index contributed by atoms with van der Waals surface area (Å²) in [5, 5.41) is 6.70. The number of fused-ring (bicyclic) bond motifs is 1. The second-order valence-electron chi connectivity index (χ2n) is 5.46. The van der Waals surface area contributed by atoms with Crippen LogP contribution in [0.4, 0.5) is 0 Å². The highest BCUT2D eigenvalue weighted by molar-refractivity contribution is 7.08. The first-order chi connectivity index (χ1) is 10.8. The van der Waals surface area contributed by atoms with E-state index in [0.29, 0.717) is 0 Å². The molecule has 0 aliphatic rings. The van der Waals surface area contributed by atoms with Gasteiger partial charge < -0.3 is 0 Å². The van der Waals surface area contributed by atoms with Gasteiger partial charge in [-0.1, -0.05) is 54.1 Å². The van der Waals surface area contributed by atoms with Gasteiger partial charge in [-0.05, 0) is 29.8 Å². The second kappa shape index (κ2) is 5.39. The van der Waals surface area contributed by atoms with E-state index in [-0.39, 0.29) is 0 Å². The average Bonchev–Trinajstić information content (AvgIpc) is 3.09. The molecule has 2 aromatic heterocycles. The first-order valence-electron chi connectivity index (χ1n) is 7.31. The van der Waals surface area contributed by atoms with Crippen molar-refractivity contribution in [2.24, 2.45) is 0 Å². The molecule has 1 nitrogen and oxygen atoms in total. The summed E-state index contributed by atoms with van der Waals surface area (Å²) in [5.41, 5.74) is 5.71. The Bertz CT molecular complexity index is 922. The predicted octanol–water partition coefficient (Wildman–Crippen LogP) is 5.94. The fraction of sp³-hybridized carbons (Fsp3) is 0.0500. The minimum Gasteiger partial charge on any atom is -0.247 e. The molecule has 2 aromatic carbocycles. The van der Waals surface area contributed by atoms with Gasteiger partial charge in [-0.2, -0.15) is 11.3 Å². The van der Waals surface area contributed by atoms with Gasteiger partial charge in [0.25, 0.3) is 0 Å². The van der Waals surface area contributed by atoms with E-state index in [4.69, 9.17) is 4.98 Å². The highest BCUT2D eigenvalue weighted by atomic mass is 32.1. The van der Waals surface area contributed by atoms with Crippen LogP contribution >= 0.6 is 11.3 Å². The lowest BCUT2D eigenvalue weighted by molar-refractivity contribution is 1.35. The van der Waals surface area contributed by atoms with Crippen LogP contribution < -0.4 is 0 Å². The second-order valence-corrected chi connectivity index (χ2v) is 6.24. The van der Waals surface area contributed by atoms with Crippen molar-refractivity contribution >= 4 is 22.1 Å². The molecule has 0 atom stereocenters. The molecule has 0 radical (unpaired) electrons. The van der Waals surface area contributed by atoms with Gasteiger partial charge in [0.2, 0.25) is 0 Å². The number of rotatable bonds is 2. The third-order valence-corrected chi connectivity index (χ3v) is 4.57. The van der Waals surface area contributed by atoms with Gasteiger partial charge in [-0.15, -0.1) is 0 Å². The van der Waals surface area contributed by atoms with E-state index in [1.54, 1.807) is 11.3 Å². The molecule has 22 heavy (non-hydrogen) atoms. The van der Waals surface area contributed by atoms with Gasteiger partial charge >= 0.3 is 0 Å². The molecule has 0 amide bonds. The van der Waals surface area contributed by atoms with Crippen LogP contribution in [0.15, 0.2) is 71.4 Å². The van der Waals surface area contributed by atoms with Crippen molar-refractivity contribution in [3.05, 3.63) is 77.0 Å². The van der Waals surface area contributed by atoms with Crippen LogP contribution in [0.1, 0.15) is 5.56 Å². The van der Waals surface area contributed by atoms with Crippen LogP contribution in [0.25, 0.3) is 33.3 Å². The van der Waals surface area contributed by atoms with Gasteiger partial charge in [-0.3, -0.25) is 0 Å². The molecule has 0 saturated carbocycles. The third kappa shape index (κ3) is 2.32. The van der Waals surface area contributed by atoms with Crippen LogP contribution in [-0.4, -0.2) is 4.98 Å². The summed E-state index contributed by atoms with van der Waals surface area (Å²) in [5.74, 6) is 0. The smallest absolute Gasteiger partial charge is 0.0796 e. The van der Waals surface area contributed by atoms with Crippen molar-refractivity contribution in [3.8, 4) is 22.5 Å². The van der Waals surface area contributed by atoms with Crippen molar-refractivity contribution in [1.29, 1.82) is 0 Å². The van der Waals surface area contributed by atoms with Crippen LogP contribution in [0.5, 0.6) is 0 Å². The minimum atomic E-state index is 1.03. The van der Waals surface area contributed by atoms with Gasteiger partial charge in [-0.25, -0.2) is 4.98 Å². The standard InChI is InChI=1S/C20H15NS/c1-14-6-8-15(9-7-14)19-12-16-4-2-3-5-18(16)20(21-19)17-10-11-22-13-17/h2-13H,1H3. The van der Waals surface area contributed by atoms with Gasteiger partial charge in [0.05, 0.1) is 11.4 Å². The van der Waals surface area contributed by atoms with Crippen LogP contribution in [0, 0.1) is 6.92 Å². The largest absolute Gasteiger partial charge is 0.247 e. The number of hydrogen-bond acceptors (Lipinski definition) is 2. The van der Waals surface area contributed by atoms with Crippen molar-refractivity contribution in [2.45, 2.75) is 6.92 Å². The molecule has 0 aliphatic carbocycles. The van der Waals surface area contributed by atoms with Crippen LogP contribution in [-0.2, 0) is 0 Å². The summed E-state index contributed by atoms with van der Waals surface area (Å²) < 4.78 is 0. The molecular weight excluding hydrogens is 286 g/mol. The first-order valence-corrected chi connectivity index (χ1v) is 8.25. The third-order valence-electron chi connectivity index (χ3n) is 3.88. The summed E-state index contributed by atoms with van der Waals surface area (Å²) >= 11 is 1.71. The molecule has 0 bridgehead atoms. The zero-order valence-electron chi connectivity index (χ0n) is 12.3. The molecule has 0 aliphatic heterocycles. The van der Waals surface area contributed by atoms with Crippen LogP contribution in [0.3, 0.4) is 0 Å². The van der Waals surface area contributed by atoms with Crippen molar-refractivity contribution < 1.29 is 0 Å². The number of aromatic nitrogens is 1. The van der Waals surface area contributed by atoms with Crippen molar-refractivity contribution in [2.75, 3.05) is 0 Å². The highest BCUT2D eigenvalue weighted by Gasteiger charge is 2.09. The van der Waals surface area contributed by atoms with Crippen molar-refractivity contribution in [1.82, 2.24) is 4.98 Å². The van der Waals surface area contributed by atoms with E-state index in [9.17, 15) is 0 Å². The lowest BCUT2D eigenvalue weighted by Crippen LogP contribution is -1.90. The highest BCUT2D eigenvalue weighted by Crippen LogP contribution is 2.32. The molecule has 2 heterocycles. The minimum absolute atomic E-state index is 1.03. The molecule has 4 aromatic rings. The normalized spacial score (nSPS) is 11.0. The molecule has 0 unspecified atom stereocenters. The van der Waals surface area contributed by atoms with Crippen molar-refractivity contribution in [3.63, 3.8) is 0 Å². The molecular formula is C20H15NS. The fourth-order valence-corrected chi connectivity index (χ4v) is 3.33. The zero-order chi connectivity index (χ0) is 14.9. The first kappa shape index (κ1) is 13.2. The number of pyridine rings is 1. The Morgan fingerprint density at radius 1 is 0.864 bits per heavy atom. The summed E-state index contributed by atoms with van der Waals surface area (Å²) in [6.07, 6.45) is 0. The summed E-state index contributed by atoms with van der Waals surface area (Å²) in [4.78, 5) is 4.95. The van der Waals surface area contributed by atoms with E-state index < -0.39 is 0 Å². The molecule has 0 fully saturated rings. The Hall–Kier alpha value is -2.45. The quantitative estimate of drug-likeness (QED) is 0.446. The molecule has 2 heteroatoms. The topological polar surface area (TPSA) is 12.9 Å². The maximum atomic E-state index is 4.95. The Kier molecular flexibility index (Phi) is 3.24. The van der Waals surface area contributed by atoms with Gasteiger partial charge in [0.15, 0.2) is 0 Å². The Balaban J connectivity index is 1.99. The maximum Gasteiger partial charge on any atom is 0.0796 e. The monoisotopic (exact) mass is 301 g/mol. The summed E-state index contributed by atoms with van der Waals surface area (Å²) in [6, 6.07) is 21.3. The number of thiophene rings is 1.